The summed E-state index contributed by atoms with van der Waals surface area (Å²) in [5, 5.41) is 3.03. The fourth-order valence-electron chi connectivity index (χ4n) is 2.36. The third-order valence-electron chi connectivity index (χ3n) is 3.76. The van der Waals surface area contributed by atoms with E-state index in [1.54, 1.807) is 17.4 Å². The molecule has 0 unspecified atom stereocenters. The Labute approximate surface area is 138 Å². The van der Waals surface area contributed by atoms with Gasteiger partial charge in [-0.2, -0.15) is 0 Å². The van der Waals surface area contributed by atoms with Gasteiger partial charge in [0.25, 0.3) is 0 Å². The lowest BCUT2D eigenvalue weighted by Crippen LogP contribution is -2.24. The molecule has 1 saturated carbocycles. The second kappa shape index (κ2) is 5.77. The lowest BCUT2D eigenvalue weighted by Gasteiger charge is -2.18. The van der Waals surface area contributed by atoms with Crippen LogP contribution in [0.4, 0.5) is 0 Å². The fraction of sp³-hybridized carbons (Fsp3) is 0.400. The first kappa shape index (κ1) is 14.9. The van der Waals surface area contributed by atoms with E-state index in [1.165, 1.54) is 25.0 Å². The molecule has 4 rings (SSSR count). The maximum Gasteiger partial charge on any atom is 0.241 e. The molecule has 0 bridgehead atoms. The van der Waals surface area contributed by atoms with Gasteiger partial charge in [-0.25, -0.2) is 18.1 Å². The number of hydrogen-bond donors (Lipinski definition) is 1. The van der Waals surface area contributed by atoms with Crippen molar-refractivity contribution in [2.75, 3.05) is 13.2 Å². The zero-order valence-corrected chi connectivity index (χ0v) is 14.0. The van der Waals surface area contributed by atoms with Crippen LogP contribution in [0.25, 0.3) is 0 Å². The second-order valence-electron chi connectivity index (χ2n) is 5.58. The van der Waals surface area contributed by atoms with Crippen LogP contribution in [0, 0.1) is 0 Å². The van der Waals surface area contributed by atoms with Gasteiger partial charge in [-0.3, -0.25) is 0 Å². The summed E-state index contributed by atoms with van der Waals surface area (Å²) < 4.78 is 38.2. The molecule has 122 valence electrons. The van der Waals surface area contributed by atoms with Crippen LogP contribution in [0.3, 0.4) is 0 Å². The van der Waals surface area contributed by atoms with Crippen LogP contribution in [0.15, 0.2) is 28.5 Å². The van der Waals surface area contributed by atoms with E-state index in [4.69, 9.17) is 9.47 Å². The number of ether oxygens (including phenoxy) is 2. The van der Waals surface area contributed by atoms with Gasteiger partial charge in [0.1, 0.15) is 13.2 Å². The second-order valence-corrected chi connectivity index (χ2v) is 8.24. The molecule has 2 heterocycles. The number of thiazole rings is 1. The van der Waals surface area contributed by atoms with Crippen molar-refractivity contribution in [3.05, 3.63) is 34.3 Å². The molecule has 1 aliphatic heterocycles. The van der Waals surface area contributed by atoms with Crippen LogP contribution in [-0.2, 0) is 16.6 Å². The molecule has 1 aromatic heterocycles. The van der Waals surface area contributed by atoms with E-state index < -0.39 is 10.0 Å². The summed E-state index contributed by atoms with van der Waals surface area (Å²) in [5.74, 6) is 1.62. The Morgan fingerprint density at radius 3 is 2.78 bits per heavy atom. The van der Waals surface area contributed by atoms with Gasteiger partial charge in [-0.15, -0.1) is 11.3 Å². The maximum atomic E-state index is 12.4. The number of fused-ring (bicyclic) bond motifs is 1. The van der Waals surface area contributed by atoms with Gasteiger partial charge in [0.2, 0.25) is 10.0 Å². The lowest BCUT2D eigenvalue weighted by molar-refractivity contribution is 0.171. The van der Waals surface area contributed by atoms with Crippen LogP contribution < -0.4 is 14.2 Å². The van der Waals surface area contributed by atoms with Crippen molar-refractivity contribution in [2.45, 2.75) is 30.2 Å². The fourth-order valence-corrected chi connectivity index (χ4v) is 4.37. The average molecular weight is 352 g/mol. The molecule has 1 aliphatic carbocycles. The van der Waals surface area contributed by atoms with E-state index >= 15 is 0 Å². The summed E-state index contributed by atoms with van der Waals surface area (Å²) >= 11 is 1.60. The molecular formula is C15H16N2O4S2. The highest BCUT2D eigenvalue weighted by Crippen LogP contribution is 2.41. The van der Waals surface area contributed by atoms with Gasteiger partial charge >= 0.3 is 0 Å². The van der Waals surface area contributed by atoms with Crippen molar-refractivity contribution in [1.82, 2.24) is 9.71 Å². The number of nitrogens with one attached hydrogen (secondary N) is 1. The third kappa shape index (κ3) is 3.19. The molecule has 2 aromatic rings. The summed E-state index contributed by atoms with van der Waals surface area (Å²) in [6.45, 7) is 1.09. The monoisotopic (exact) mass is 352 g/mol. The van der Waals surface area contributed by atoms with Crippen LogP contribution in [0.2, 0.25) is 0 Å². The molecule has 0 spiro atoms. The largest absolute Gasteiger partial charge is 0.486 e. The van der Waals surface area contributed by atoms with Crippen molar-refractivity contribution in [2.24, 2.45) is 0 Å². The molecule has 1 N–H and O–H groups in total. The third-order valence-corrected chi connectivity index (χ3v) is 6.22. The van der Waals surface area contributed by atoms with Crippen LogP contribution in [-0.4, -0.2) is 26.6 Å². The first-order valence-corrected chi connectivity index (χ1v) is 9.82. The Morgan fingerprint density at radius 2 is 2.00 bits per heavy atom. The zero-order chi connectivity index (χ0) is 15.9. The van der Waals surface area contributed by atoms with Gasteiger partial charge in [-0.1, -0.05) is 0 Å². The summed E-state index contributed by atoms with van der Waals surface area (Å²) in [7, 11) is -3.61. The minimum Gasteiger partial charge on any atom is -0.486 e. The van der Waals surface area contributed by atoms with Gasteiger partial charge in [0.05, 0.1) is 22.1 Å². The zero-order valence-electron chi connectivity index (χ0n) is 12.3. The summed E-state index contributed by atoms with van der Waals surface area (Å²) in [6.07, 6.45) is 2.38. The Hall–Kier alpha value is -1.64. The number of sulfonamides is 1. The van der Waals surface area contributed by atoms with Crippen LogP contribution in [0.5, 0.6) is 11.5 Å². The predicted octanol–water partition coefficient (Wildman–Crippen LogP) is 2.27. The molecule has 0 radical (unpaired) electrons. The van der Waals surface area contributed by atoms with E-state index in [-0.39, 0.29) is 11.4 Å². The SMILES string of the molecule is O=S(=O)(NCc1csc(C2CC2)n1)c1ccc2c(c1)OCCO2. The van der Waals surface area contributed by atoms with Gasteiger partial charge < -0.3 is 9.47 Å². The summed E-state index contributed by atoms with van der Waals surface area (Å²) in [4.78, 5) is 4.65. The summed E-state index contributed by atoms with van der Waals surface area (Å²) in [5.41, 5.74) is 0.762. The van der Waals surface area contributed by atoms with Crippen molar-refractivity contribution < 1.29 is 17.9 Å². The topological polar surface area (TPSA) is 77.5 Å². The Balaban J connectivity index is 1.48. The average Bonchev–Trinajstić information content (AvgIpc) is 3.31. The van der Waals surface area contributed by atoms with Crippen LogP contribution >= 0.6 is 11.3 Å². The van der Waals surface area contributed by atoms with Gasteiger partial charge in [-0.05, 0) is 25.0 Å². The standard InChI is InChI=1S/C15H16N2O4S2/c18-23(19,12-3-4-13-14(7-12)21-6-5-20-13)16-8-11-9-22-15(17-11)10-1-2-10/h3-4,7,9-10,16H,1-2,5-6,8H2. The summed E-state index contributed by atoms with van der Waals surface area (Å²) in [6, 6.07) is 4.64. The molecule has 1 fully saturated rings. The highest BCUT2D eigenvalue weighted by Gasteiger charge is 2.27. The molecule has 0 atom stereocenters. The molecule has 6 nitrogen and oxygen atoms in total. The van der Waals surface area contributed by atoms with Gasteiger partial charge in [0, 0.05) is 17.4 Å². The highest BCUT2D eigenvalue weighted by molar-refractivity contribution is 7.89. The number of aromatic nitrogens is 1. The molecule has 1 aromatic carbocycles. The predicted molar refractivity (Wildman–Crippen MR) is 85.5 cm³/mol. The lowest BCUT2D eigenvalue weighted by atomic mass is 10.3. The maximum absolute atomic E-state index is 12.4. The molecular weight excluding hydrogens is 336 g/mol. The molecule has 0 amide bonds. The van der Waals surface area contributed by atoms with E-state index in [9.17, 15) is 8.42 Å². The van der Waals surface area contributed by atoms with E-state index in [0.29, 0.717) is 30.6 Å². The number of rotatable bonds is 5. The minimum atomic E-state index is -3.61. The quantitative estimate of drug-likeness (QED) is 0.893. The molecule has 2 aliphatic rings. The molecule has 8 heteroatoms. The highest BCUT2D eigenvalue weighted by atomic mass is 32.2. The van der Waals surface area contributed by atoms with E-state index in [0.717, 1.165) is 10.7 Å². The smallest absolute Gasteiger partial charge is 0.241 e. The van der Waals surface area contributed by atoms with Crippen LogP contribution in [0.1, 0.15) is 29.5 Å². The molecule has 23 heavy (non-hydrogen) atoms. The first-order chi connectivity index (χ1) is 11.1. The number of hydrogen-bond acceptors (Lipinski definition) is 6. The Bertz CT molecular complexity index is 828. The van der Waals surface area contributed by atoms with Crippen molar-refractivity contribution in [1.29, 1.82) is 0 Å². The number of benzene rings is 1. The minimum absolute atomic E-state index is 0.166. The van der Waals surface area contributed by atoms with E-state index in [2.05, 4.69) is 9.71 Å². The van der Waals surface area contributed by atoms with Crippen molar-refractivity contribution in [3.8, 4) is 11.5 Å². The molecule has 0 saturated heterocycles. The number of nitrogens with zero attached hydrogens (tertiary/aromatic N) is 1. The van der Waals surface area contributed by atoms with Crippen molar-refractivity contribution in [3.63, 3.8) is 0 Å². The normalized spacial score (nSPS) is 17.2. The van der Waals surface area contributed by atoms with E-state index in [1.807, 2.05) is 5.38 Å². The Morgan fingerprint density at radius 1 is 1.22 bits per heavy atom. The van der Waals surface area contributed by atoms with Gasteiger partial charge in [0.15, 0.2) is 11.5 Å². The first-order valence-electron chi connectivity index (χ1n) is 7.45. The van der Waals surface area contributed by atoms with Crippen molar-refractivity contribution >= 4 is 21.4 Å². The Kier molecular flexibility index (Phi) is 3.74.